The molecule has 128 valence electrons. The maximum Gasteiger partial charge on any atom is 0.273 e. The molecule has 3 rings (SSSR count). The van der Waals surface area contributed by atoms with Gasteiger partial charge in [0.05, 0.1) is 19.9 Å². The maximum atomic E-state index is 12.6. The van der Waals surface area contributed by atoms with Gasteiger partial charge in [0, 0.05) is 24.4 Å². The van der Waals surface area contributed by atoms with Gasteiger partial charge >= 0.3 is 0 Å². The molecule has 0 aliphatic carbocycles. The van der Waals surface area contributed by atoms with Crippen LogP contribution in [-0.4, -0.2) is 29.9 Å². The minimum atomic E-state index is -0.246. The van der Waals surface area contributed by atoms with Gasteiger partial charge in [-0.25, -0.2) is 0 Å². The van der Waals surface area contributed by atoms with Gasteiger partial charge in [-0.15, -0.1) is 0 Å². The van der Waals surface area contributed by atoms with Crippen molar-refractivity contribution in [1.82, 2.24) is 9.78 Å². The smallest absolute Gasteiger partial charge is 0.273 e. The summed E-state index contributed by atoms with van der Waals surface area (Å²) in [5.74, 6) is 1.14. The summed E-state index contributed by atoms with van der Waals surface area (Å²) in [4.78, 5) is 12.6. The lowest BCUT2D eigenvalue weighted by Crippen LogP contribution is -2.16. The summed E-state index contributed by atoms with van der Waals surface area (Å²) in [6, 6.07) is 16.5. The monoisotopic (exact) mass is 337 g/mol. The van der Waals surface area contributed by atoms with Crippen LogP contribution in [0.15, 0.2) is 54.6 Å². The Morgan fingerprint density at radius 3 is 2.60 bits per heavy atom. The molecule has 6 heteroatoms. The zero-order valence-corrected chi connectivity index (χ0v) is 14.3. The molecule has 0 fully saturated rings. The van der Waals surface area contributed by atoms with Gasteiger partial charge in [0.15, 0.2) is 0 Å². The number of aromatic nitrogens is 2. The van der Waals surface area contributed by atoms with E-state index in [0.717, 1.165) is 5.56 Å². The molecule has 1 aromatic heterocycles. The molecule has 2 aromatic carbocycles. The molecular weight excluding hydrogens is 318 g/mol. The Labute approximate surface area is 146 Å². The molecule has 3 aromatic rings. The van der Waals surface area contributed by atoms with Crippen LogP contribution in [0.2, 0.25) is 0 Å². The quantitative estimate of drug-likeness (QED) is 0.775. The first-order chi connectivity index (χ1) is 12.1. The summed E-state index contributed by atoms with van der Waals surface area (Å²) in [5, 5.41) is 7.29. The zero-order valence-electron chi connectivity index (χ0n) is 14.3. The number of hydrogen-bond acceptors (Lipinski definition) is 4. The van der Waals surface area contributed by atoms with Gasteiger partial charge in [0.25, 0.3) is 5.91 Å². The van der Waals surface area contributed by atoms with E-state index in [9.17, 15) is 4.79 Å². The second-order valence-electron chi connectivity index (χ2n) is 5.42. The molecule has 1 amide bonds. The Balaban J connectivity index is 1.88. The Kier molecular flexibility index (Phi) is 4.70. The molecule has 0 spiro atoms. The number of nitrogens with zero attached hydrogens (tertiary/aromatic N) is 2. The average Bonchev–Trinajstić information content (AvgIpc) is 3.03. The third-order valence-corrected chi connectivity index (χ3v) is 3.82. The average molecular weight is 337 g/mol. The highest BCUT2D eigenvalue weighted by Gasteiger charge is 2.16. The largest absolute Gasteiger partial charge is 0.497 e. The van der Waals surface area contributed by atoms with E-state index in [4.69, 9.17) is 9.47 Å². The van der Waals surface area contributed by atoms with E-state index < -0.39 is 0 Å². The SMILES string of the molecule is COc1cccc(NC(=O)c2cc(-c3ccccc3OC)nn2C)c1. The van der Waals surface area contributed by atoms with Crippen molar-refractivity contribution in [2.45, 2.75) is 0 Å². The molecule has 0 bridgehead atoms. The van der Waals surface area contributed by atoms with Crippen molar-refractivity contribution >= 4 is 11.6 Å². The van der Waals surface area contributed by atoms with E-state index in [1.165, 1.54) is 0 Å². The van der Waals surface area contributed by atoms with Crippen LogP contribution < -0.4 is 14.8 Å². The van der Waals surface area contributed by atoms with E-state index >= 15 is 0 Å². The predicted octanol–water partition coefficient (Wildman–Crippen LogP) is 3.36. The van der Waals surface area contributed by atoms with E-state index in [2.05, 4.69) is 10.4 Å². The highest BCUT2D eigenvalue weighted by molar-refractivity contribution is 6.03. The number of hydrogen-bond donors (Lipinski definition) is 1. The van der Waals surface area contributed by atoms with Crippen molar-refractivity contribution < 1.29 is 14.3 Å². The van der Waals surface area contributed by atoms with Crippen LogP contribution in [0, 0.1) is 0 Å². The number of amides is 1. The molecule has 0 saturated heterocycles. The van der Waals surface area contributed by atoms with Crippen molar-refractivity contribution in [2.24, 2.45) is 7.05 Å². The van der Waals surface area contributed by atoms with Crippen LogP contribution in [0.3, 0.4) is 0 Å². The molecule has 25 heavy (non-hydrogen) atoms. The van der Waals surface area contributed by atoms with Gasteiger partial charge in [-0.05, 0) is 30.3 Å². The lowest BCUT2D eigenvalue weighted by molar-refractivity contribution is 0.101. The molecule has 0 aliphatic rings. The van der Waals surface area contributed by atoms with E-state index in [1.54, 1.807) is 44.1 Å². The van der Waals surface area contributed by atoms with Gasteiger partial charge in [0.1, 0.15) is 17.2 Å². The van der Waals surface area contributed by atoms with E-state index in [-0.39, 0.29) is 5.91 Å². The number of rotatable bonds is 5. The summed E-state index contributed by atoms with van der Waals surface area (Å²) in [5.41, 5.74) is 2.62. The molecular formula is C19H19N3O3. The fourth-order valence-corrected chi connectivity index (χ4v) is 2.56. The highest BCUT2D eigenvalue weighted by atomic mass is 16.5. The molecule has 6 nitrogen and oxygen atoms in total. The normalized spacial score (nSPS) is 10.4. The van der Waals surface area contributed by atoms with E-state index in [1.807, 2.05) is 36.4 Å². The van der Waals surface area contributed by atoms with Crippen molar-refractivity contribution in [3.05, 3.63) is 60.3 Å². The molecule has 1 heterocycles. The number of para-hydroxylation sites is 1. The first kappa shape index (κ1) is 16.6. The fraction of sp³-hybridized carbons (Fsp3) is 0.158. The second-order valence-corrected chi connectivity index (χ2v) is 5.42. The van der Waals surface area contributed by atoms with Crippen LogP contribution in [-0.2, 0) is 7.05 Å². The lowest BCUT2D eigenvalue weighted by Gasteiger charge is -2.06. The third kappa shape index (κ3) is 3.47. The number of benzene rings is 2. The topological polar surface area (TPSA) is 65.4 Å². The van der Waals surface area contributed by atoms with Crippen molar-refractivity contribution in [3.8, 4) is 22.8 Å². The molecule has 0 saturated carbocycles. The minimum Gasteiger partial charge on any atom is -0.497 e. The van der Waals surface area contributed by atoms with Crippen LogP contribution in [0.25, 0.3) is 11.3 Å². The van der Waals surface area contributed by atoms with Crippen LogP contribution in [0.5, 0.6) is 11.5 Å². The van der Waals surface area contributed by atoms with Gasteiger partial charge in [-0.3, -0.25) is 9.48 Å². The third-order valence-electron chi connectivity index (χ3n) is 3.82. The molecule has 1 N–H and O–H groups in total. The van der Waals surface area contributed by atoms with Crippen molar-refractivity contribution in [1.29, 1.82) is 0 Å². The number of carbonyl (C=O) groups is 1. The molecule has 0 atom stereocenters. The standard InChI is InChI=1S/C19H19N3O3/c1-22-17(19(23)20-13-7-6-8-14(11-13)24-2)12-16(21-22)15-9-4-5-10-18(15)25-3/h4-12H,1-3H3,(H,20,23). The van der Waals surface area contributed by atoms with Crippen LogP contribution >= 0.6 is 0 Å². The van der Waals surface area contributed by atoms with Crippen LogP contribution in [0.1, 0.15) is 10.5 Å². The number of methoxy groups -OCH3 is 2. The minimum absolute atomic E-state index is 0.246. The Hall–Kier alpha value is -3.28. The Morgan fingerprint density at radius 2 is 1.84 bits per heavy atom. The van der Waals surface area contributed by atoms with Crippen molar-refractivity contribution in [3.63, 3.8) is 0 Å². The molecule has 0 radical (unpaired) electrons. The first-order valence-corrected chi connectivity index (χ1v) is 7.75. The number of ether oxygens (including phenoxy) is 2. The second kappa shape index (κ2) is 7.09. The number of aryl methyl sites for hydroxylation is 1. The lowest BCUT2D eigenvalue weighted by atomic mass is 10.1. The molecule has 0 aliphatic heterocycles. The van der Waals surface area contributed by atoms with Gasteiger partial charge in [0.2, 0.25) is 0 Å². The predicted molar refractivity (Wildman–Crippen MR) is 96.1 cm³/mol. The van der Waals surface area contributed by atoms with E-state index in [0.29, 0.717) is 28.6 Å². The molecule has 0 unspecified atom stereocenters. The number of anilines is 1. The maximum absolute atomic E-state index is 12.6. The Morgan fingerprint density at radius 1 is 1.04 bits per heavy atom. The summed E-state index contributed by atoms with van der Waals surface area (Å²) < 4.78 is 12.1. The Bertz CT molecular complexity index is 902. The van der Waals surface area contributed by atoms with Crippen LogP contribution in [0.4, 0.5) is 5.69 Å². The summed E-state index contributed by atoms with van der Waals surface area (Å²) >= 11 is 0. The van der Waals surface area contributed by atoms with Gasteiger partial charge in [-0.1, -0.05) is 18.2 Å². The first-order valence-electron chi connectivity index (χ1n) is 7.75. The fourth-order valence-electron chi connectivity index (χ4n) is 2.56. The van der Waals surface area contributed by atoms with Crippen molar-refractivity contribution in [2.75, 3.05) is 19.5 Å². The van der Waals surface area contributed by atoms with Gasteiger partial charge < -0.3 is 14.8 Å². The number of nitrogens with one attached hydrogen (secondary N) is 1. The highest BCUT2D eigenvalue weighted by Crippen LogP contribution is 2.29. The van der Waals surface area contributed by atoms with Gasteiger partial charge in [-0.2, -0.15) is 5.10 Å². The zero-order chi connectivity index (χ0) is 17.8. The summed E-state index contributed by atoms with van der Waals surface area (Å²) in [6.45, 7) is 0. The number of carbonyl (C=O) groups excluding carboxylic acids is 1. The summed E-state index contributed by atoms with van der Waals surface area (Å²) in [7, 11) is 4.93. The summed E-state index contributed by atoms with van der Waals surface area (Å²) in [6.07, 6.45) is 0.